The van der Waals surface area contributed by atoms with Gasteiger partial charge in [0.15, 0.2) is 6.10 Å². The highest BCUT2D eigenvalue weighted by atomic mass is 16.5. The van der Waals surface area contributed by atoms with E-state index in [0.29, 0.717) is 0 Å². The lowest BCUT2D eigenvalue weighted by molar-refractivity contribution is -0.139. The first kappa shape index (κ1) is 13.9. The topological polar surface area (TPSA) is 29.5 Å². The van der Waals surface area contributed by atoms with E-state index in [1.165, 1.54) is 0 Å². The lowest BCUT2D eigenvalue weighted by Crippen LogP contribution is -2.44. The van der Waals surface area contributed by atoms with Gasteiger partial charge in [-0.1, -0.05) is 19.1 Å². The molecule has 0 aromatic heterocycles. The molecule has 1 aliphatic heterocycles. The lowest BCUT2D eigenvalue weighted by atomic mass is 9.99. The molecule has 1 aromatic rings. The minimum Gasteiger partial charge on any atom is -0.481 e. The number of amides is 1. The van der Waals surface area contributed by atoms with Gasteiger partial charge in [0, 0.05) is 13.1 Å². The van der Waals surface area contributed by atoms with Gasteiger partial charge in [0.25, 0.3) is 5.91 Å². The van der Waals surface area contributed by atoms with E-state index in [0.717, 1.165) is 43.2 Å². The maximum absolute atomic E-state index is 12.3. The number of rotatable bonds is 3. The molecule has 3 nitrogen and oxygen atoms in total. The van der Waals surface area contributed by atoms with Crippen molar-refractivity contribution in [1.29, 1.82) is 0 Å². The van der Waals surface area contributed by atoms with Gasteiger partial charge in [-0.3, -0.25) is 4.79 Å². The molecule has 0 spiro atoms. The van der Waals surface area contributed by atoms with Crippen LogP contribution in [0.25, 0.3) is 0 Å². The molecular weight excluding hydrogens is 238 g/mol. The van der Waals surface area contributed by atoms with E-state index >= 15 is 0 Å². The molecule has 1 fully saturated rings. The van der Waals surface area contributed by atoms with Gasteiger partial charge in [0.1, 0.15) is 5.75 Å². The van der Waals surface area contributed by atoms with E-state index in [2.05, 4.69) is 6.92 Å². The van der Waals surface area contributed by atoms with Gasteiger partial charge in [-0.25, -0.2) is 0 Å². The Labute approximate surface area is 115 Å². The van der Waals surface area contributed by atoms with Crippen molar-refractivity contribution in [2.75, 3.05) is 13.1 Å². The Kier molecular flexibility index (Phi) is 4.46. The zero-order chi connectivity index (χ0) is 13.8. The molecule has 0 saturated carbocycles. The zero-order valence-electron chi connectivity index (χ0n) is 12.1. The summed E-state index contributed by atoms with van der Waals surface area (Å²) in [6.45, 7) is 7.82. The number of carbonyl (C=O) groups excluding carboxylic acids is 1. The maximum atomic E-state index is 12.3. The van der Waals surface area contributed by atoms with Gasteiger partial charge >= 0.3 is 0 Å². The molecule has 1 heterocycles. The Morgan fingerprint density at radius 1 is 1.37 bits per heavy atom. The first-order valence-corrected chi connectivity index (χ1v) is 7.08. The third-order valence-corrected chi connectivity index (χ3v) is 3.75. The predicted molar refractivity (Wildman–Crippen MR) is 76.2 cm³/mol. The van der Waals surface area contributed by atoms with Crippen molar-refractivity contribution in [1.82, 2.24) is 4.90 Å². The third kappa shape index (κ3) is 3.72. The molecule has 1 atom stereocenters. The van der Waals surface area contributed by atoms with Crippen LogP contribution in [0.3, 0.4) is 0 Å². The van der Waals surface area contributed by atoms with Crippen molar-refractivity contribution in [3.05, 3.63) is 29.8 Å². The quantitative estimate of drug-likeness (QED) is 0.837. The summed E-state index contributed by atoms with van der Waals surface area (Å²) in [6, 6.07) is 7.83. The van der Waals surface area contributed by atoms with Crippen LogP contribution in [0.1, 0.15) is 32.3 Å². The summed E-state index contributed by atoms with van der Waals surface area (Å²) in [6.07, 6.45) is 1.79. The Morgan fingerprint density at radius 2 is 2.05 bits per heavy atom. The largest absolute Gasteiger partial charge is 0.481 e. The number of nitrogens with zero attached hydrogens (tertiary/aromatic N) is 1. The van der Waals surface area contributed by atoms with E-state index in [1.807, 2.05) is 43.0 Å². The monoisotopic (exact) mass is 261 g/mol. The van der Waals surface area contributed by atoms with Crippen LogP contribution in [0.15, 0.2) is 24.3 Å². The van der Waals surface area contributed by atoms with Crippen LogP contribution in [0.2, 0.25) is 0 Å². The van der Waals surface area contributed by atoms with Crippen LogP contribution in [-0.4, -0.2) is 30.0 Å². The molecule has 0 aliphatic carbocycles. The van der Waals surface area contributed by atoms with Crippen molar-refractivity contribution < 1.29 is 9.53 Å². The van der Waals surface area contributed by atoms with Crippen molar-refractivity contribution in [3.63, 3.8) is 0 Å². The van der Waals surface area contributed by atoms with Crippen LogP contribution in [0, 0.1) is 12.8 Å². The van der Waals surface area contributed by atoms with Gasteiger partial charge in [-0.15, -0.1) is 0 Å². The summed E-state index contributed by atoms with van der Waals surface area (Å²) in [5.74, 6) is 1.61. The van der Waals surface area contributed by atoms with Crippen LogP contribution < -0.4 is 4.74 Å². The smallest absolute Gasteiger partial charge is 0.263 e. The number of piperidine rings is 1. The molecular formula is C16H23NO2. The van der Waals surface area contributed by atoms with Crippen LogP contribution in [-0.2, 0) is 4.79 Å². The normalized spacial score (nSPS) is 18.2. The summed E-state index contributed by atoms with van der Waals surface area (Å²) < 4.78 is 5.75. The van der Waals surface area contributed by atoms with Gasteiger partial charge in [0.05, 0.1) is 0 Å². The molecule has 0 N–H and O–H groups in total. The third-order valence-electron chi connectivity index (χ3n) is 3.75. The van der Waals surface area contributed by atoms with E-state index in [9.17, 15) is 4.79 Å². The van der Waals surface area contributed by atoms with Gasteiger partial charge < -0.3 is 9.64 Å². The second-order valence-electron chi connectivity index (χ2n) is 5.58. The minimum absolute atomic E-state index is 0.105. The average Bonchev–Trinajstić information content (AvgIpc) is 2.39. The SMILES string of the molecule is Cc1cccc(OC(C)C(=O)N2CCC(C)CC2)c1. The fourth-order valence-electron chi connectivity index (χ4n) is 2.43. The summed E-state index contributed by atoms with van der Waals surface area (Å²) in [5, 5.41) is 0. The van der Waals surface area contributed by atoms with E-state index in [-0.39, 0.29) is 5.91 Å². The molecule has 2 rings (SSSR count). The lowest BCUT2D eigenvalue weighted by Gasteiger charge is -2.32. The molecule has 104 valence electrons. The number of hydrogen-bond acceptors (Lipinski definition) is 2. The second kappa shape index (κ2) is 6.09. The molecule has 19 heavy (non-hydrogen) atoms. The summed E-state index contributed by atoms with van der Waals surface area (Å²) in [7, 11) is 0. The predicted octanol–water partition coefficient (Wildman–Crippen LogP) is 3.02. The van der Waals surface area contributed by atoms with Gasteiger partial charge in [-0.05, 0) is 50.3 Å². The van der Waals surface area contributed by atoms with Crippen LogP contribution in [0.5, 0.6) is 5.75 Å². The highest BCUT2D eigenvalue weighted by Gasteiger charge is 2.25. The molecule has 0 bridgehead atoms. The molecule has 0 radical (unpaired) electrons. The molecule has 1 amide bonds. The van der Waals surface area contributed by atoms with E-state index in [4.69, 9.17) is 4.74 Å². The van der Waals surface area contributed by atoms with Crippen molar-refractivity contribution in [2.45, 2.75) is 39.7 Å². The van der Waals surface area contributed by atoms with Crippen molar-refractivity contribution in [3.8, 4) is 5.75 Å². The minimum atomic E-state index is -0.407. The Morgan fingerprint density at radius 3 is 2.68 bits per heavy atom. The molecule has 1 aromatic carbocycles. The number of ether oxygens (including phenoxy) is 1. The summed E-state index contributed by atoms with van der Waals surface area (Å²) in [4.78, 5) is 14.2. The number of carbonyl (C=O) groups is 1. The number of likely N-dealkylation sites (tertiary alicyclic amines) is 1. The summed E-state index contributed by atoms with van der Waals surface area (Å²) >= 11 is 0. The van der Waals surface area contributed by atoms with Gasteiger partial charge in [0.2, 0.25) is 0 Å². The Bertz CT molecular complexity index is 436. The summed E-state index contributed by atoms with van der Waals surface area (Å²) in [5.41, 5.74) is 1.14. The van der Waals surface area contributed by atoms with Crippen molar-refractivity contribution >= 4 is 5.91 Å². The fraction of sp³-hybridized carbons (Fsp3) is 0.562. The highest BCUT2D eigenvalue weighted by Crippen LogP contribution is 2.19. The van der Waals surface area contributed by atoms with E-state index in [1.54, 1.807) is 0 Å². The average molecular weight is 261 g/mol. The molecule has 1 aliphatic rings. The van der Waals surface area contributed by atoms with Crippen molar-refractivity contribution in [2.24, 2.45) is 5.92 Å². The number of benzene rings is 1. The number of aryl methyl sites for hydroxylation is 1. The molecule has 1 saturated heterocycles. The van der Waals surface area contributed by atoms with E-state index < -0.39 is 6.10 Å². The Hall–Kier alpha value is -1.51. The highest BCUT2D eigenvalue weighted by molar-refractivity contribution is 5.81. The van der Waals surface area contributed by atoms with Crippen LogP contribution in [0.4, 0.5) is 0 Å². The fourth-order valence-corrected chi connectivity index (χ4v) is 2.43. The molecule has 3 heteroatoms. The number of hydrogen-bond donors (Lipinski definition) is 0. The first-order chi connectivity index (χ1) is 9.06. The molecule has 1 unspecified atom stereocenters. The maximum Gasteiger partial charge on any atom is 0.263 e. The second-order valence-corrected chi connectivity index (χ2v) is 5.58. The Balaban J connectivity index is 1.92. The zero-order valence-corrected chi connectivity index (χ0v) is 12.1. The van der Waals surface area contributed by atoms with Gasteiger partial charge in [-0.2, -0.15) is 0 Å². The van der Waals surface area contributed by atoms with Crippen LogP contribution >= 0.6 is 0 Å². The first-order valence-electron chi connectivity index (χ1n) is 7.08. The standard InChI is InChI=1S/C16H23NO2/c1-12-7-9-17(10-8-12)16(18)14(3)19-15-6-4-5-13(2)11-15/h4-6,11-12,14H,7-10H2,1-3H3.